The Kier molecular flexibility index (Phi) is 11.2. The molecule has 0 aliphatic carbocycles. The Hall–Kier alpha value is -2.56. The molecule has 0 bridgehead atoms. The molecule has 0 spiro atoms. The van der Waals surface area contributed by atoms with Gasteiger partial charge < -0.3 is 14.6 Å². The van der Waals surface area contributed by atoms with Crippen molar-refractivity contribution in [2.24, 2.45) is 13.0 Å². The number of ether oxygens (including phenoxy) is 1. The largest absolute Gasteiger partial charge is 0.466 e. The van der Waals surface area contributed by atoms with Crippen LogP contribution in [-0.2, 0) is 29.4 Å². The Balaban J connectivity index is 2.01. The first kappa shape index (κ1) is 26.7. The summed E-state index contributed by atoms with van der Waals surface area (Å²) in [4.78, 5) is 25.0. The molecule has 33 heavy (non-hydrogen) atoms. The van der Waals surface area contributed by atoms with Crippen LogP contribution in [-0.4, -0.2) is 29.5 Å². The average molecular weight is 455 g/mol. The second-order valence-corrected chi connectivity index (χ2v) is 9.15. The van der Waals surface area contributed by atoms with E-state index in [1.165, 1.54) is 19.3 Å². The summed E-state index contributed by atoms with van der Waals surface area (Å²) in [5.41, 5.74) is 4.58. The number of anilines is 1. The Morgan fingerprint density at radius 3 is 2.55 bits per heavy atom. The minimum absolute atomic E-state index is 0.0553. The summed E-state index contributed by atoms with van der Waals surface area (Å²) in [5, 5.41) is 3.47. The van der Waals surface area contributed by atoms with Crippen molar-refractivity contribution in [3.8, 4) is 0 Å². The summed E-state index contributed by atoms with van der Waals surface area (Å²) in [5.74, 6) is 0.660. The molecule has 0 saturated carbocycles. The maximum Gasteiger partial charge on any atom is 0.305 e. The standard InChI is InChI=1S/C28H42N2O3/c1-6-26-25(20-24(30(26)5)16-12-17-27(31)33-7-2)28(32)22-14-11-15-23(19-22)29-18-10-8-9-13-21(3)4/h11,14-15,19-21,29H,6-10,12-13,16-18H2,1-5H3. The van der Waals surface area contributed by atoms with Crippen LogP contribution >= 0.6 is 0 Å². The van der Waals surface area contributed by atoms with Crippen molar-refractivity contribution in [2.45, 2.75) is 79.1 Å². The predicted molar refractivity (Wildman–Crippen MR) is 136 cm³/mol. The van der Waals surface area contributed by atoms with Crippen LogP contribution in [0, 0.1) is 5.92 Å². The maximum absolute atomic E-state index is 13.4. The monoisotopic (exact) mass is 454 g/mol. The van der Waals surface area contributed by atoms with E-state index in [0.29, 0.717) is 25.0 Å². The van der Waals surface area contributed by atoms with Crippen molar-refractivity contribution in [1.29, 1.82) is 0 Å². The molecule has 5 heteroatoms. The van der Waals surface area contributed by atoms with Gasteiger partial charge in [0.1, 0.15) is 0 Å². The molecular weight excluding hydrogens is 412 g/mol. The molecule has 0 amide bonds. The van der Waals surface area contributed by atoms with Crippen LogP contribution in [0.15, 0.2) is 30.3 Å². The molecule has 1 heterocycles. The molecular formula is C28H42N2O3. The number of aryl methyl sites for hydroxylation is 1. The van der Waals surface area contributed by atoms with Gasteiger partial charge in [-0.05, 0) is 56.7 Å². The van der Waals surface area contributed by atoms with Gasteiger partial charge in [-0.1, -0.05) is 52.2 Å². The lowest BCUT2D eigenvalue weighted by atomic mass is 10.0. The normalized spacial score (nSPS) is 11.1. The van der Waals surface area contributed by atoms with Crippen LogP contribution in [0.2, 0.25) is 0 Å². The molecule has 0 aliphatic heterocycles. The molecule has 0 unspecified atom stereocenters. The van der Waals surface area contributed by atoms with E-state index in [0.717, 1.165) is 54.4 Å². The number of aromatic nitrogens is 1. The van der Waals surface area contributed by atoms with Gasteiger partial charge in [-0.3, -0.25) is 9.59 Å². The van der Waals surface area contributed by atoms with Crippen molar-refractivity contribution >= 4 is 17.4 Å². The van der Waals surface area contributed by atoms with Crippen LogP contribution in [0.3, 0.4) is 0 Å². The molecule has 2 rings (SSSR count). The minimum atomic E-state index is -0.164. The highest BCUT2D eigenvalue weighted by Gasteiger charge is 2.19. The summed E-state index contributed by atoms with van der Waals surface area (Å²) < 4.78 is 7.13. The molecule has 1 aromatic heterocycles. The highest BCUT2D eigenvalue weighted by Crippen LogP contribution is 2.23. The van der Waals surface area contributed by atoms with Gasteiger partial charge in [-0.15, -0.1) is 0 Å². The van der Waals surface area contributed by atoms with E-state index in [-0.39, 0.29) is 11.8 Å². The third kappa shape index (κ3) is 8.38. The topological polar surface area (TPSA) is 60.3 Å². The molecule has 0 radical (unpaired) electrons. The number of benzene rings is 1. The lowest BCUT2D eigenvalue weighted by Gasteiger charge is -2.10. The summed E-state index contributed by atoms with van der Waals surface area (Å²) in [6.45, 7) is 9.76. The van der Waals surface area contributed by atoms with Crippen molar-refractivity contribution in [3.05, 3.63) is 52.8 Å². The Bertz CT molecular complexity index is 899. The molecule has 1 N–H and O–H groups in total. The molecule has 0 aliphatic rings. The van der Waals surface area contributed by atoms with E-state index in [2.05, 4.69) is 30.7 Å². The molecule has 0 saturated heterocycles. The number of hydrogen-bond donors (Lipinski definition) is 1. The fourth-order valence-electron chi connectivity index (χ4n) is 4.22. The van der Waals surface area contributed by atoms with E-state index in [1.54, 1.807) is 0 Å². The van der Waals surface area contributed by atoms with Crippen LogP contribution in [0.25, 0.3) is 0 Å². The second-order valence-electron chi connectivity index (χ2n) is 9.15. The molecule has 182 valence electrons. The van der Waals surface area contributed by atoms with Gasteiger partial charge in [-0.2, -0.15) is 0 Å². The van der Waals surface area contributed by atoms with Crippen LogP contribution in [0.1, 0.15) is 93.5 Å². The van der Waals surface area contributed by atoms with E-state index < -0.39 is 0 Å². The highest BCUT2D eigenvalue weighted by atomic mass is 16.5. The first-order chi connectivity index (χ1) is 15.9. The van der Waals surface area contributed by atoms with Crippen molar-refractivity contribution in [1.82, 2.24) is 4.57 Å². The molecule has 0 fully saturated rings. The van der Waals surface area contributed by atoms with E-state index in [4.69, 9.17) is 4.74 Å². The van der Waals surface area contributed by atoms with Crippen molar-refractivity contribution < 1.29 is 14.3 Å². The Morgan fingerprint density at radius 1 is 1.06 bits per heavy atom. The fraction of sp³-hybridized carbons (Fsp3) is 0.571. The number of nitrogens with zero attached hydrogens (tertiary/aromatic N) is 1. The van der Waals surface area contributed by atoms with Crippen LogP contribution in [0.5, 0.6) is 0 Å². The number of ketones is 1. The van der Waals surface area contributed by atoms with Crippen molar-refractivity contribution in [3.63, 3.8) is 0 Å². The lowest BCUT2D eigenvalue weighted by molar-refractivity contribution is -0.143. The zero-order chi connectivity index (χ0) is 24.2. The average Bonchev–Trinajstić information content (AvgIpc) is 3.11. The third-order valence-electron chi connectivity index (χ3n) is 6.07. The van der Waals surface area contributed by atoms with Gasteiger partial charge in [0.15, 0.2) is 5.78 Å². The summed E-state index contributed by atoms with van der Waals surface area (Å²) in [6, 6.07) is 9.83. The number of rotatable bonds is 15. The van der Waals surface area contributed by atoms with Gasteiger partial charge in [0, 0.05) is 48.2 Å². The SMILES string of the molecule is CCOC(=O)CCCc1cc(C(=O)c2cccc(NCCCCCC(C)C)c2)c(CC)n1C. The zero-order valence-corrected chi connectivity index (χ0v) is 21.2. The first-order valence-corrected chi connectivity index (χ1v) is 12.6. The number of carbonyl (C=O) groups excluding carboxylic acids is 2. The number of nitrogens with one attached hydrogen (secondary N) is 1. The van der Waals surface area contributed by atoms with Crippen LogP contribution in [0.4, 0.5) is 5.69 Å². The van der Waals surface area contributed by atoms with Gasteiger partial charge in [0.2, 0.25) is 0 Å². The molecule has 1 aromatic carbocycles. The fourth-order valence-corrected chi connectivity index (χ4v) is 4.22. The zero-order valence-electron chi connectivity index (χ0n) is 21.2. The number of unbranched alkanes of at least 4 members (excludes halogenated alkanes) is 2. The van der Waals surface area contributed by atoms with Crippen LogP contribution < -0.4 is 5.32 Å². The molecule has 2 aromatic rings. The molecule has 0 atom stereocenters. The van der Waals surface area contributed by atoms with Gasteiger partial charge in [-0.25, -0.2) is 0 Å². The van der Waals surface area contributed by atoms with E-state index in [1.807, 2.05) is 44.3 Å². The minimum Gasteiger partial charge on any atom is -0.466 e. The maximum atomic E-state index is 13.4. The number of esters is 1. The summed E-state index contributed by atoms with van der Waals surface area (Å²) >= 11 is 0. The Labute approximate surface area is 199 Å². The van der Waals surface area contributed by atoms with Gasteiger partial charge in [0.05, 0.1) is 6.61 Å². The quantitative estimate of drug-likeness (QED) is 0.194. The van der Waals surface area contributed by atoms with E-state index in [9.17, 15) is 9.59 Å². The first-order valence-electron chi connectivity index (χ1n) is 12.6. The third-order valence-corrected chi connectivity index (χ3v) is 6.07. The summed E-state index contributed by atoms with van der Waals surface area (Å²) in [7, 11) is 2.01. The highest BCUT2D eigenvalue weighted by molar-refractivity contribution is 6.10. The van der Waals surface area contributed by atoms with E-state index >= 15 is 0 Å². The Morgan fingerprint density at radius 2 is 1.85 bits per heavy atom. The summed E-state index contributed by atoms with van der Waals surface area (Å²) in [6.07, 6.45) is 7.56. The van der Waals surface area contributed by atoms with Gasteiger partial charge >= 0.3 is 5.97 Å². The van der Waals surface area contributed by atoms with Crippen molar-refractivity contribution in [2.75, 3.05) is 18.5 Å². The molecule has 5 nitrogen and oxygen atoms in total. The second kappa shape index (κ2) is 13.9. The predicted octanol–water partition coefficient (Wildman–Crippen LogP) is 6.33. The number of hydrogen-bond acceptors (Lipinski definition) is 4. The smallest absolute Gasteiger partial charge is 0.305 e. The van der Waals surface area contributed by atoms with Gasteiger partial charge in [0.25, 0.3) is 0 Å². The lowest BCUT2D eigenvalue weighted by Crippen LogP contribution is -2.08. The number of carbonyl (C=O) groups is 2.